The van der Waals surface area contributed by atoms with Crippen LogP contribution < -0.4 is 11.5 Å². The van der Waals surface area contributed by atoms with E-state index in [0.717, 1.165) is 25.7 Å². The number of hydrogen-bond donors (Lipinski definition) is 3. The Kier molecular flexibility index (Phi) is 7.17. The van der Waals surface area contributed by atoms with Gasteiger partial charge >= 0.3 is 0 Å². The summed E-state index contributed by atoms with van der Waals surface area (Å²) < 4.78 is 5.00. The molecule has 0 fully saturated rings. The monoisotopic (exact) mass is 190 g/mol. The second-order valence-electron chi connectivity index (χ2n) is 3.35. The van der Waals surface area contributed by atoms with Crippen molar-refractivity contribution in [3.05, 3.63) is 0 Å². The molecule has 0 unspecified atom stereocenters. The molecule has 0 spiro atoms. The van der Waals surface area contributed by atoms with Crippen molar-refractivity contribution in [1.82, 2.24) is 0 Å². The predicted molar refractivity (Wildman–Crippen MR) is 53.1 cm³/mol. The van der Waals surface area contributed by atoms with E-state index in [2.05, 4.69) is 6.92 Å². The maximum Gasteiger partial charge on any atom is 0.130 e. The lowest BCUT2D eigenvalue weighted by Crippen LogP contribution is -2.48. The van der Waals surface area contributed by atoms with Gasteiger partial charge in [0.05, 0.1) is 0 Å². The number of methoxy groups -OCH3 is 1. The molecule has 0 bridgehead atoms. The van der Waals surface area contributed by atoms with E-state index in [9.17, 15) is 0 Å². The van der Waals surface area contributed by atoms with Crippen LogP contribution in [-0.4, -0.2) is 30.6 Å². The molecule has 0 saturated heterocycles. The number of aliphatic hydroxyl groups is 1. The Labute approximate surface area is 80.2 Å². The largest absolute Gasteiger partial charge is 0.376 e. The molecule has 13 heavy (non-hydrogen) atoms. The maximum absolute atomic E-state index is 9.11. The standard InChI is InChI=1S/C9H22N2O2/c1-3-4-5-6-7(10)8(13-2)9(11)12/h7-9,12H,3-6,10-11H2,1-2H3/t7-,8+,9-/m0/s1. The fourth-order valence-corrected chi connectivity index (χ4v) is 1.36. The number of nitrogens with two attached hydrogens (primary N) is 2. The van der Waals surface area contributed by atoms with Gasteiger partial charge < -0.3 is 21.3 Å². The van der Waals surface area contributed by atoms with Gasteiger partial charge in [-0.1, -0.05) is 26.2 Å². The van der Waals surface area contributed by atoms with E-state index >= 15 is 0 Å². The molecule has 0 aromatic carbocycles. The van der Waals surface area contributed by atoms with Crippen molar-refractivity contribution >= 4 is 0 Å². The van der Waals surface area contributed by atoms with Gasteiger partial charge in [-0.25, -0.2) is 0 Å². The Morgan fingerprint density at radius 1 is 1.31 bits per heavy atom. The molecule has 0 aromatic rings. The first-order valence-electron chi connectivity index (χ1n) is 4.85. The number of aliphatic hydroxyl groups excluding tert-OH is 1. The van der Waals surface area contributed by atoms with Gasteiger partial charge in [0.1, 0.15) is 12.3 Å². The van der Waals surface area contributed by atoms with Crippen LogP contribution >= 0.6 is 0 Å². The average Bonchev–Trinajstić information content (AvgIpc) is 2.05. The molecule has 0 aliphatic carbocycles. The SMILES string of the molecule is CCCCC[C@H](N)[C@@H](OC)[C@@H](N)O. The highest BCUT2D eigenvalue weighted by atomic mass is 16.5. The zero-order chi connectivity index (χ0) is 10.3. The normalized spacial score (nSPS) is 18.2. The highest BCUT2D eigenvalue weighted by molar-refractivity contribution is 4.76. The summed E-state index contributed by atoms with van der Waals surface area (Å²) >= 11 is 0. The van der Waals surface area contributed by atoms with E-state index in [1.54, 1.807) is 0 Å². The van der Waals surface area contributed by atoms with E-state index in [0.29, 0.717) is 0 Å². The lowest BCUT2D eigenvalue weighted by atomic mass is 10.0. The van der Waals surface area contributed by atoms with Crippen molar-refractivity contribution in [1.29, 1.82) is 0 Å². The summed E-state index contributed by atoms with van der Waals surface area (Å²) in [5, 5.41) is 9.11. The summed E-state index contributed by atoms with van der Waals surface area (Å²) in [5.74, 6) is 0. The van der Waals surface area contributed by atoms with Crippen LogP contribution in [-0.2, 0) is 4.74 Å². The van der Waals surface area contributed by atoms with E-state index in [4.69, 9.17) is 21.3 Å². The Hall–Kier alpha value is -0.160. The molecule has 5 N–H and O–H groups in total. The fourth-order valence-electron chi connectivity index (χ4n) is 1.36. The van der Waals surface area contributed by atoms with Crippen LogP contribution in [0.5, 0.6) is 0 Å². The van der Waals surface area contributed by atoms with Crippen molar-refractivity contribution in [3.63, 3.8) is 0 Å². The molecule has 0 saturated carbocycles. The molecular weight excluding hydrogens is 168 g/mol. The lowest BCUT2D eigenvalue weighted by molar-refractivity contribution is -0.0243. The van der Waals surface area contributed by atoms with Gasteiger partial charge in [0.25, 0.3) is 0 Å². The molecule has 3 atom stereocenters. The summed E-state index contributed by atoms with van der Waals surface area (Å²) in [5.41, 5.74) is 11.1. The van der Waals surface area contributed by atoms with Gasteiger partial charge in [0, 0.05) is 13.2 Å². The van der Waals surface area contributed by atoms with E-state index in [1.165, 1.54) is 7.11 Å². The zero-order valence-electron chi connectivity index (χ0n) is 8.57. The third-order valence-corrected chi connectivity index (χ3v) is 2.17. The summed E-state index contributed by atoms with van der Waals surface area (Å²) in [7, 11) is 1.51. The smallest absolute Gasteiger partial charge is 0.130 e. The van der Waals surface area contributed by atoms with Crippen molar-refractivity contribution in [2.75, 3.05) is 7.11 Å². The van der Waals surface area contributed by atoms with Crippen LogP contribution in [0.4, 0.5) is 0 Å². The lowest BCUT2D eigenvalue weighted by Gasteiger charge is -2.24. The van der Waals surface area contributed by atoms with Gasteiger partial charge in [-0.15, -0.1) is 0 Å². The first-order valence-corrected chi connectivity index (χ1v) is 4.85. The van der Waals surface area contributed by atoms with E-state index in [-0.39, 0.29) is 6.04 Å². The summed E-state index contributed by atoms with van der Waals surface area (Å²) in [6.45, 7) is 2.14. The highest BCUT2D eigenvalue weighted by Gasteiger charge is 2.21. The summed E-state index contributed by atoms with van der Waals surface area (Å²) in [6, 6.07) is -0.170. The Morgan fingerprint density at radius 3 is 2.31 bits per heavy atom. The second-order valence-corrected chi connectivity index (χ2v) is 3.35. The Morgan fingerprint density at radius 2 is 1.92 bits per heavy atom. The molecule has 0 rings (SSSR count). The zero-order valence-corrected chi connectivity index (χ0v) is 8.57. The van der Waals surface area contributed by atoms with Gasteiger partial charge in [-0.3, -0.25) is 0 Å². The van der Waals surface area contributed by atoms with Crippen LogP contribution in [0.25, 0.3) is 0 Å². The molecule has 0 radical (unpaired) electrons. The molecular formula is C9H22N2O2. The van der Waals surface area contributed by atoms with Crippen molar-refractivity contribution in [3.8, 4) is 0 Å². The number of unbranched alkanes of at least 4 members (excludes halogenated alkanes) is 2. The first kappa shape index (κ1) is 12.8. The van der Waals surface area contributed by atoms with Crippen LogP contribution in [0, 0.1) is 0 Å². The predicted octanol–water partition coefficient (Wildman–Crippen LogP) is 0.186. The van der Waals surface area contributed by atoms with Crippen molar-refractivity contribution < 1.29 is 9.84 Å². The second kappa shape index (κ2) is 7.26. The average molecular weight is 190 g/mol. The molecule has 0 aliphatic rings. The topological polar surface area (TPSA) is 81.5 Å². The van der Waals surface area contributed by atoms with E-state index < -0.39 is 12.3 Å². The Balaban J connectivity index is 3.70. The third-order valence-electron chi connectivity index (χ3n) is 2.17. The first-order chi connectivity index (χ1) is 6.13. The summed E-state index contributed by atoms with van der Waals surface area (Å²) in [6.07, 6.45) is 2.80. The van der Waals surface area contributed by atoms with Crippen LogP contribution in [0.2, 0.25) is 0 Å². The quantitative estimate of drug-likeness (QED) is 0.395. The minimum Gasteiger partial charge on any atom is -0.376 e. The van der Waals surface area contributed by atoms with Crippen LogP contribution in [0.3, 0.4) is 0 Å². The van der Waals surface area contributed by atoms with Crippen molar-refractivity contribution in [2.45, 2.75) is 51.0 Å². The summed E-state index contributed by atoms with van der Waals surface area (Å²) in [4.78, 5) is 0. The molecule has 0 aliphatic heterocycles. The fraction of sp³-hybridized carbons (Fsp3) is 1.00. The minimum absolute atomic E-state index is 0.170. The molecule has 80 valence electrons. The van der Waals surface area contributed by atoms with Gasteiger partial charge in [-0.05, 0) is 6.42 Å². The van der Waals surface area contributed by atoms with Gasteiger partial charge in [0.2, 0.25) is 0 Å². The van der Waals surface area contributed by atoms with Gasteiger partial charge in [-0.2, -0.15) is 0 Å². The number of rotatable bonds is 7. The van der Waals surface area contributed by atoms with Crippen LogP contribution in [0.15, 0.2) is 0 Å². The molecule has 0 heterocycles. The number of ether oxygens (including phenoxy) is 1. The van der Waals surface area contributed by atoms with Crippen LogP contribution in [0.1, 0.15) is 32.6 Å². The van der Waals surface area contributed by atoms with E-state index in [1.807, 2.05) is 0 Å². The maximum atomic E-state index is 9.11. The Bertz CT molecular complexity index is 120. The minimum atomic E-state index is -0.985. The number of hydrogen-bond acceptors (Lipinski definition) is 4. The molecule has 0 amide bonds. The molecule has 0 aromatic heterocycles. The molecule has 4 nitrogen and oxygen atoms in total. The van der Waals surface area contributed by atoms with Crippen molar-refractivity contribution in [2.24, 2.45) is 11.5 Å². The van der Waals surface area contributed by atoms with Gasteiger partial charge in [0.15, 0.2) is 0 Å². The molecule has 4 heteroatoms. The third kappa shape index (κ3) is 5.21. The highest BCUT2D eigenvalue weighted by Crippen LogP contribution is 2.08.